The number of carbonyl (C=O) groups excluding carboxylic acids is 1. The molecule has 0 radical (unpaired) electrons. The van der Waals surface area contributed by atoms with Crippen LogP contribution in [0.2, 0.25) is 0 Å². The number of amides is 1. The Hall–Kier alpha value is -1.56. The van der Waals surface area contributed by atoms with Crippen LogP contribution in [0.4, 0.5) is 5.69 Å². The molecule has 1 aliphatic heterocycles. The van der Waals surface area contributed by atoms with E-state index in [0.29, 0.717) is 5.56 Å². The summed E-state index contributed by atoms with van der Waals surface area (Å²) in [5, 5.41) is 9.04. The first-order chi connectivity index (χ1) is 9.49. The second-order valence-corrected chi connectivity index (χ2v) is 5.88. The standard InChI is InChI=1S/C14H17BrN2O3/c15-9-4-5-11(14(16)20)12(7-9)17-6-2-1-3-10(17)8-13(18)19/h4-5,7,10H,1-3,6,8H2,(H2,16,20)(H,18,19). The van der Waals surface area contributed by atoms with E-state index >= 15 is 0 Å². The number of piperidine rings is 1. The van der Waals surface area contributed by atoms with Gasteiger partial charge in [0.25, 0.3) is 5.91 Å². The third kappa shape index (κ3) is 3.30. The predicted molar refractivity (Wildman–Crippen MR) is 79.9 cm³/mol. The Morgan fingerprint density at radius 2 is 2.15 bits per heavy atom. The van der Waals surface area contributed by atoms with Crippen molar-refractivity contribution in [2.75, 3.05) is 11.4 Å². The highest BCUT2D eigenvalue weighted by Crippen LogP contribution is 2.31. The van der Waals surface area contributed by atoms with Crippen molar-refractivity contribution in [3.63, 3.8) is 0 Å². The van der Waals surface area contributed by atoms with Crippen LogP contribution in [-0.4, -0.2) is 29.6 Å². The first-order valence-electron chi connectivity index (χ1n) is 6.57. The van der Waals surface area contributed by atoms with Crippen LogP contribution in [0.1, 0.15) is 36.0 Å². The molecule has 0 aliphatic carbocycles. The lowest BCUT2D eigenvalue weighted by atomic mass is 9.97. The fraction of sp³-hybridized carbons (Fsp3) is 0.429. The van der Waals surface area contributed by atoms with Crippen LogP contribution in [-0.2, 0) is 4.79 Å². The van der Waals surface area contributed by atoms with E-state index in [4.69, 9.17) is 10.8 Å². The van der Waals surface area contributed by atoms with Gasteiger partial charge in [-0.05, 0) is 37.5 Å². The van der Waals surface area contributed by atoms with Crippen LogP contribution >= 0.6 is 15.9 Å². The number of carbonyl (C=O) groups is 2. The molecule has 108 valence electrons. The minimum Gasteiger partial charge on any atom is -0.481 e. The Morgan fingerprint density at radius 1 is 1.40 bits per heavy atom. The van der Waals surface area contributed by atoms with Crippen LogP contribution < -0.4 is 10.6 Å². The highest BCUT2D eigenvalue weighted by Gasteiger charge is 2.27. The molecular weight excluding hydrogens is 324 g/mol. The molecule has 1 aromatic rings. The number of aliphatic carboxylic acids is 1. The van der Waals surface area contributed by atoms with Gasteiger partial charge in [0, 0.05) is 17.1 Å². The molecular formula is C14H17BrN2O3. The van der Waals surface area contributed by atoms with Gasteiger partial charge in [-0.15, -0.1) is 0 Å². The van der Waals surface area contributed by atoms with Gasteiger partial charge in [-0.1, -0.05) is 15.9 Å². The summed E-state index contributed by atoms with van der Waals surface area (Å²) in [6.07, 6.45) is 2.89. The summed E-state index contributed by atoms with van der Waals surface area (Å²) in [6, 6.07) is 5.18. The molecule has 1 saturated heterocycles. The minimum atomic E-state index is -0.822. The van der Waals surface area contributed by atoms with Gasteiger partial charge in [0.2, 0.25) is 0 Å². The fourth-order valence-corrected chi connectivity index (χ4v) is 3.03. The van der Waals surface area contributed by atoms with Crippen molar-refractivity contribution in [2.24, 2.45) is 5.73 Å². The normalized spacial score (nSPS) is 18.9. The minimum absolute atomic E-state index is 0.0741. The molecule has 1 aromatic carbocycles. The summed E-state index contributed by atoms with van der Waals surface area (Å²) < 4.78 is 0.845. The molecule has 6 heteroatoms. The second-order valence-electron chi connectivity index (χ2n) is 4.97. The van der Waals surface area contributed by atoms with Crippen LogP contribution in [0.5, 0.6) is 0 Å². The lowest BCUT2D eigenvalue weighted by Gasteiger charge is -2.37. The van der Waals surface area contributed by atoms with E-state index in [1.165, 1.54) is 0 Å². The van der Waals surface area contributed by atoms with Gasteiger partial charge < -0.3 is 15.7 Å². The largest absolute Gasteiger partial charge is 0.481 e. The SMILES string of the molecule is NC(=O)c1ccc(Br)cc1N1CCCCC1CC(=O)O. The average molecular weight is 341 g/mol. The fourth-order valence-electron chi connectivity index (χ4n) is 2.68. The van der Waals surface area contributed by atoms with Gasteiger partial charge in [-0.3, -0.25) is 9.59 Å². The molecule has 0 saturated carbocycles. The highest BCUT2D eigenvalue weighted by molar-refractivity contribution is 9.10. The number of rotatable bonds is 4. The molecule has 0 spiro atoms. The Labute approximate surface area is 125 Å². The smallest absolute Gasteiger partial charge is 0.305 e. The third-order valence-electron chi connectivity index (χ3n) is 3.57. The zero-order valence-electron chi connectivity index (χ0n) is 11.0. The second kappa shape index (κ2) is 6.26. The lowest BCUT2D eigenvalue weighted by molar-refractivity contribution is -0.137. The van der Waals surface area contributed by atoms with E-state index in [9.17, 15) is 9.59 Å². The average Bonchev–Trinajstić information content (AvgIpc) is 2.38. The third-order valence-corrected chi connectivity index (χ3v) is 4.07. The molecule has 2 rings (SSSR count). The number of carboxylic acid groups (broad SMARTS) is 1. The van der Waals surface area contributed by atoms with Crippen LogP contribution in [0.3, 0.4) is 0 Å². The Bertz CT molecular complexity index is 533. The zero-order chi connectivity index (χ0) is 14.7. The highest BCUT2D eigenvalue weighted by atomic mass is 79.9. The van der Waals surface area contributed by atoms with E-state index < -0.39 is 11.9 Å². The topological polar surface area (TPSA) is 83.6 Å². The van der Waals surface area contributed by atoms with E-state index in [0.717, 1.165) is 36.0 Å². The first kappa shape index (κ1) is 14.8. The van der Waals surface area contributed by atoms with Crippen molar-refractivity contribution in [3.8, 4) is 0 Å². The molecule has 3 N–H and O–H groups in total. The van der Waals surface area contributed by atoms with Gasteiger partial charge in [0.1, 0.15) is 0 Å². The summed E-state index contributed by atoms with van der Waals surface area (Å²) in [5.74, 6) is -1.32. The van der Waals surface area contributed by atoms with Crippen molar-refractivity contribution >= 4 is 33.5 Å². The summed E-state index contributed by atoms with van der Waals surface area (Å²) in [6.45, 7) is 0.745. The Balaban J connectivity index is 2.38. The number of hydrogen-bond donors (Lipinski definition) is 2. The molecule has 1 fully saturated rings. The molecule has 1 heterocycles. The first-order valence-corrected chi connectivity index (χ1v) is 7.36. The summed E-state index contributed by atoms with van der Waals surface area (Å²) in [4.78, 5) is 24.6. The number of hydrogen-bond acceptors (Lipinski definition) is 3. The van der Waals surface area contributed by atoms with Crippen LogP contribution in [0.15, 0.2) is 22.7 Å². The lowest BCUT2D eigenvalue weighted by Crippen LogP contribution is -2.42. The number of anilines is 1. The maximum atomic E-state index is 11.6. The van der Waals surface area contributed by atoms with Crippen molar-refractivity contribution in [1.29, 1.82) is 0 Å². The van der Waals surface area contributed by atoms with Gasteiger partial charge in [0.15, 0.2) is 0 Å². The molecule has 1 amide bonds. The summed E-state index contributed by atoms with van der Waals surface area (Å²) in [5.41, 5.74) is 6.58. The van der Waals surface area contributed by atoms with Gasteiger partial charge >= 0.3 is 5.97 Å². The maximum absolute atomic E-state index is 11.6. The molecule has 5 nitrogen and oxygen atoms in total. The molecule has 1 aliphatic rings. The number of halogens is 1. The van der Waals surface area contributed by atoms with Gasteiger partial charge in [0.05, 0.1) is 17.7 Å². The van der Waals surface area contributed by atoms with E-state index in [1.54, 1.807) is 12.1 Å². The van der Waals surface area contributed by atoms with Crippen molar-refractivity contribution in [1.82, 2.24) is 0 Å². The summed E-state index contributed by atoms with van der Waals surface area (Å²) in [7, 11) is 0. The van der Waals surface area contributed by atoms with E-state index in [1.807, 2.05) is 11.0 Å². The van der Waals surface area contributed by atoms with Crippen LogP contribution in [0.25, 0.3) is 0 Å². The number of primary amides is 1. The number of benzene rings is 1. The number of nitrogens with two attached hydrogens (primary N) is 1. The molecule has 0 aromatic heterocycles. The molecule has 20 heavy (non-hydrogen) atoms. The van der Waals surface area contributed by atoms with Gasteiger partial charge in [-0.25, -0.2) is 0 Å². The molecule has 1 unspecified atom stereocenters. The van der Waals surface area contributed by atoms with Crippen molar-refractivity contribution < 1.29 is 14.7 Å². The Morgan fingerprint density at radius 3 is 2.80 bits per heavy atom. The van der Waals surface area contributed by atoms with E-state index in [2.05, 4.69) is 15.9 Å². The predicted octanol–water partition coefficient (Wildman–Crippen LogP) is 2.38. The number of nitrogens with zero attached hydrogens (tertiary/aromatic N) is 1. The van der Waals surface area contributed by atoms with Crippen LogP contribution in [0, 0.1) is 0 Å². The maximum Gasteiger partial charge on any atom is 0.305 e. The van der Waals surface area contributed by atoms with Gasteiger partial charge in [-0.2, -0.15) is 0 Å². The van der Waals surface area contributed by atoms with E-state index in [-0.39, 0.29) is 12.5 Å². The summed E-state index contributed by atoms with van der Waals surface area (Å²) >= 11 is 3.39. The molecule has 0 bridgehead atoms. The van der Waals surface area contributed by atoms with Crippen molar-refractivity contribution in [2.45, 2.75) is 31.7 Å². The number of carboxylic acids is 1. The molecule has 1 atom stereocenters. The van der Waals surface area contributed by atoms with Crippen molar-refractivity contribution in [3.05, 3.63) is 28.2 Å². The monoisotopic (exact) mass is 340 g/mol. The zero-order valence-corrected chi connectivity index (χ0v) is 12.6. The quantitative estimate of drug-likeness (QED) is 0.881. The Kier molecular flexibility index (Phi) is 4.65.